The number of nitrogens with one attached hydrogen (secondary N) is 1. The molecule has 4 atom stereocenters. The third-order valence-corrected chi connectivity index (χ3v) is 4.89. The molecule has 0 saturated heterocycles. The van der Waals surface area contributed by atoms with Gasteiger partial charge in [-0.1, -0.05) is 0 Å². The number of imidazole rings is 1. The summed E-state index contributed by atoms with van der Waals surface area (Å²) in [6, 6.07) is -0.406. The summed E-state index contributed by atoms with van der Waals surface area (Å²) in [6.07, 6.45) is 1.48. The van der Waals surface area contributed by atoms with Gasteiger partial charge in [0.05, 0.1) is 44.9 Å². The Balaban J connectivity index is 1.59. The van der Waals surface area contributed by atoms with Crippen LogP contribution in [0.2, 0.25) is 0 Å². The van der Waals surface area contributed by atoms with E-state index in [0.29, 0.717) is 62.9 Å². The van der Waals surface area contributed by atoms with Crippen molar-refractivity contribution in [1.29, 1.82) is 0 Å². The summed E-state index contributed by atoms with van der Waals surface area (Å²) in [5, 5.41) is 32.9. The molecule has 3 rings (SSSR count). The topological polar surface area (TPSA) is 161 Å². The van der Waals surface area contributed by atoms with Crippen LogP contribution in [-0.2, 0) is 9.47 Å². The number of nitrogens with zero attached hydrogens (tertiary/aromatic N) is 4. The molecule has 0 radical (unpaired) electrons. The molecule has 0 aliphatic heterocycles. The Bertz CT molecular complexity index is 744. The van der Waals surface area contributed by atoms with Crippen LogP contribution in [0.15, 0.2) is 12.7 Å². The van der Waals surface area contributed by atoms with Crippen LogP contribution in [0.25, 0.3) is 11.2 Å². The van der Waals surface area contributed by atoms with E-state index in [2.05, 4.69) is 20.3 Å². The lowest BCUT2D eigenvalue weighted by molar-refractivity contribution is -0.00370. The summed E-state index contributed by atoms with van der Waals surface area (Å²) in [5.41, 5.74) is 6.47. The van der Waals surface area contributed by atoms with Gasteiger partial charge in [-0.3, -0.25) is 0 Å². The minimum atomic E-state index is -0.990. The van der Waals surface area contributed by atoms with E-state index < -0.39 is 18.2 Å². The van der Waals surface area contributed by atoms with Gasteiger partial charge in [0.1, 0.15) is 17.9 Å². The molecular weight excluding hydrogens is 368 g/mol. The van der Waals surface area contributed by atoms with Gasteiger partial charge in [-0.2, -0.15) is 0 Å². The van der Waals surface area contributed by atoms with Crippen LogP contribution < -0.4 is 11.1 Å². The monoisotopic (exact) mass is 396 g/mol. The largest absolute Gasteiger partial charge is 0.396 e. The summed E-state index contributed by atoms with van der Waals surface area (Å²) in [4.78, 5) is 12.9. The van der Waals surface area contributed by atoms with Gasteiger partial charge in [-0.25, -0.2) is 15.0 Å². The molecular formula is C17H28N6O5. The first-order valence-corrected chi connectivity index (χ1v) is 9.41. The molecule has 1 aliphatic carbocycles. The van der Waals surface area contributed by atoms with E-state index >= 15 is 0 Å². The third-order valence-electron chi connectivity index (χ3n) is 4.89. The van der Waals surface area contributed by atoms with Gasteiger partial charge >= 0.3 is 0 Å². The molecule has 2 aromatic rings. The van der Waals surface area contributed by atoms with Crippen molar-refractivity contribution in [1.82, 2.24) is 19.5 Å². The molecule has 6 N–H and O–H groups in total. The zero-order valence-corrected chi connectivity index (χ0v) is 15.6. The van der Waals surface area contributed by atoms with Crippen LogP contribution in [-0.4, -0.2) is 93.2 Å². The molecule has 0 unspecified atom stereocenters. The lowest BCUT2D eigenvalue weighted by Crippen LogP contribution is -2.30. The fraction of sp³-hybridized carbons (Fsp3) is 0.706. The van der Waals surface area contributed by atoms with Crippen molar-refractivity contribution in [2.75, 3.05) is 51.4 Å². The van der Waals surface area contributed by atoms with Crippen LogP contribution in [0.3, 0.4) is 0 Å². The molecule has 0 spiro atoms. The predicted molar refractivity (Wildman–Crippen MR) is 101 cm³/mol. The van der Waals surface area contributed by atoms with Crippen molar-refractivity contribution in [3.63, 3.8) is 0 Å². The first kappa shape index (κ1) is 20.8. The molecule has 1 aliphatic rings. The normalized spacial score (nSPS) is 24.9. The number of hydrogen-bond donors (Lipinski definition) is 5. The minimum absolute atomic E-state index is 0.180. The molecule has 2 aromatic heterocycles. The molecule has 2 heterocycles. The first-order chi connectivity index (χ1) is 13.7. The molecule has 1 saturated carbocycles. The van der Waals surface area contributed by atoms with Gasteiger partial charge in [-0.15, -0.1) is 0 Å². The predicted octanol–water partition coefficient (Wildman–Crippen LogP) is -1.49. The van der Waals surface area contributed by atoms with Crippen LogP contribution in [0.5, 0.6) is 0 Å². The fourth-order valence-electron chi connectivity index (χ4n) is 3.43. The quantitative estimate of drug-likeness (QED) is 0.283. The first-order valence-electron chi connectivity index (χ1n) is 9.41. The molecule has 0 amide bonds. The zero-order valence-electron chi connectivity index (χ0n) is 15.6. The maximum Gasteiger partial charge on any atom is 0.165 e. The second kappa shape index (κ2) is 10.0. The Morgan fingerprint density at radius 2 is 1.89 bits per heavy atom. The molecule has 11 heteroatoms. The Morgan fingerprint density at radius 3 is 2.61 bits per heavy atom. The number of rotatable bonds is 11. The summed E-state index contributed by atoms with van der Waals surface area (Å²) in [5.74, 6) is 0.196. The number of aliphatic hydroxyl groups excluding tert-OH is 3. The van der Waals surface area contributed by atoms with E-state index in [-0.39, 0.29) is 12.5 Å². The van der Waals surface area contributed by atoms with Gasteiger partial charge in [0.15, 0.2) is 11.5 Å². The highest BCUT2D eigenvalue weighted by Crippen LogP contribution is 2.36. The molecule has 0 aromatic carbocycles. The van der Waals surface area contributed by atoms with Crippen molar-refractivity contribution in [3.8, 4) is 0 Å². The van der Waals surface area contributed by atoms with E-state index in [1.54, 1.807) is 10.9 Å². The maximum absolute atomic E-state index is 10.3. The van der Waals surface area contributed by atoms with Gasteiger partial charge in [0, 0.05) is 25.6 Å². The summed E-state index contributed by atoms with van der Waals surface area (Å²) in [6.45, 7) is 2.84. The number of hydrogen-bond acceptors (Lipinski definition) is 10. The van der Waals surface area contributed by atoms with Crippen molar-refractivity contribution < 1.29 is 24.8 Å². The molecule has 1 fully saturated rings. The van der Waals surface area contributed by atoms with Crippen LogP contribution >= 0.6 is 0 Å². The lowest BCUT2D eigenvalue weighted by Gasteiger charge is -2.18. The second-order valence-electron chi connectivity index (χ2n) is 6.71. The zero-order chi connectivity index (χ0) is 19.9. The number of aromatic nitrogens is 4. The van der Waals surface area contributed by atoms with E-state index in [0.717, 1.165) is 0 Å². The molecule has 0 bridgehead atoms. The SMILES string of the molecule is NCCOCCOCCNc1ncnc2c1ncn2[C@@H]1C[C@H](CO)[C@@H](O)[C@H]1O. The van der Waals surface area contributed by atoms with Crippen LogP contribution in [0.4, 0.5) is 5.82 Å². The average Bonchev–Trinajstić information content (AvgIpc) is 3.26. The summed E-state index contributed by atoms with van der Waals surface area (Å²) in [7, 11) is 0. The smallest absolute Gasteiger partial charge is 0.165 e. The Labute approximate surface area is 162 Å². The van der Waals surface area contributed by atoms with Gasteiger partial charge in [-0.05, 0) is 6.42 Å². The highest BCUT2D eigenvalue weighted by Gasteiger charge is 2.42. The molecule has 28 heavy (non-hydrogen) atoms. The van der Waals surface area contributed by atoms with Crippen molar-refractivity contribution in [3.05, 3.63) is 12.7 Å². The molecule has 156 valence electrons. The van der Waals surface area contributed by atoms with Crippen LogP contribution in [0.1, 0.15) is 12.5 Å². The minimum Gasteiger partial charge on any atom is -0.396 e. The maximum atomic E-state index is 10.3. The number of nitrogens with two attached hydrogens (primary N) is 1. The van der Waals surface area contributed by atoms with E-state index in [4.69, 9.17) is 15.2 Å². The van der Waals surface area contributed by atoms with Gasteiger partial charge < -0.3 is 40.4 Å². The number of aliphatic hydroxyl groups is 3. The van der Waals surface area contributed by atoms with E-state index in [9.17, 15) is 15.3 Å². The summed E-state index contributed by atoms with van der Waals surface area (Å²) >= 11 is 0. The lowest BCUT2D eigenvalue weighted by atomic mass is 10.1. The number of fused-ring (bicyclic) bond motifs is 1. The second-order valence-corrected chi connectivity index (χ2v) is 6.71. The van der Waals surface area contributed by atoms with Crippen LogP contribution in [0, 0.1) is 5.92 Å². The Morgan fingerprint density at radius 1 is 1.11 bits per heavy atom. The van der Waals surface area contributed by atoms with Crippen molar-refractivity contribution >= 4 is 17.0 Å². The van der Waals surface area contributed by atoms with Gasteiger partial charge in [0.2, 0.25) is 0 Å². The highest BCUT2D eigenvalue weighted by molar-refractivity contribution is 5.82. The number of anilines is 1. The highest BCUT2D eigenvalue weighted by atomic mass is 16.5. The van der Waals surface area contributed by atoms with Crippen molar-refractivity contribution in [2.24, 2.45) is 11.7 Å². The Hall–Kier alpha value is -1.89. The standard InChI is InChI=1S/C17H28N6O5/c18-1-3-27-5-6-28-4-2-19-16-13-17(21-9-20-16)23(10-22-13)12-7-11(8-24)14(25)15(12)26/h9-12,14-15,24-26H,1-8,18H2,(H,19,20,21)/t11-,12-,14-,15+/m1/s1. The third kappa shape index (κ3) is 4.57. The number of ether oxygens (including phenoxy) is 2. The van der Waals surface area contributed by atoms with E-state index in [1.807, 2.05) is 0 Å². The Kier molecular flexibility index (Phi) is 7.48. The average molecular weight is 396 g/mol. The summed E-state index contributed by atoms with van der Waals surface area (Å²) < 4.78 is 12.4. The van der Waals surface area contributed by atoms with Crippen molar-refractivity contribution in [2.45, 2.75) is 24.7 Å². The van der Waals surface area contributed by atoms with Gasteiger partial charge in [0.25, 0.3) is 0 Å². The van der Waals surface area contributed by atoms with E-state index in [1.165, 1.54) is 6.33 Å². The molecule has 11 nitrogen and oxygen atoms in total. The fourth-order valence-corrected chi connectivity index (χ4v) is 3.43.